The summed E-state index contributed by atoms with van der Waals surface area (Å²) in [6.07, 6.45) is 2.91. The van der Waals surface area contributed by atoms with Gasteiger partial charge in [-0.2, -0.15) is 0 Å². The second kappa shape index (κ2) is 6.27. The Morgan fingerprint density at radius 3 is 2.79 bits per heavy atom. The number of rotatable bonds is 4. The number of benzene rings is 1. The SMILES string of the molecule is C[C@@H]1[C@H](O)CCN1c1ncc(C(=O)c2cccc(S(C)(=O)=O)c2)s1. The van der Waals surface area contributed by atoms with Crippen LogP contribution in [-0.4, -0.2) is 49.2 Å². The average molecular weight is 366 g/mol. The summed E-state index contributed by atoms with van der Waals surface area (Å²) in [5.41, 5.74) is 0.322. The molecule has 2 heterocycles. The lowest BCUT2D eigenvalue weighted by Gasteiger charge is -2.21. The maximum atomic E-state index is 12.6. The maximum absolute atomic E-state index is 12.6. The van der Waals surface area contributed by atoms with E-state index < -0.39 is 9.84 Å². The summed E-state index contributed by atoms with van der Waals surface area (Å²) >= 11 is 1.26. The molecule has 24 heavy (non-hydrogen) atoms. The lowest BCUT2D eigenvalue weighted by Crippen LogP contribution is -2.31. The lowest BCUT2D eigenvalue weighted by molar-refractivity contribution is 0.104. The van der Waals surface area contributed by atoms with Crippen molar-refractivity contribution < 1.29 is 18.3 Å². The number of aliphatic hydroxyl groups excluding tert-OH is 1. The molecule has 0 spiro atoms. The van der Waals surface area contributed by atoms with Gasteiger partial charge in [-0.05, 0) is 25.5 Å². The van der Waals surface area contributed by atoms with Gasteiger partial charge in [0.1, 0.15) is 0 Å². The molecule has 2 atom stereocenters. The smallest absolute Gasteiger partial charge is 0.204 e. The highest BCUT2D eigenvalue weighted by atomic mass is 32.2. The van der Waals surface area contributed by atoms with E-state index in [4.69, 9.17) is 0 Å². The molecule has 1 N–H and O–H groups in total. The van der Waals surface area contributed by atoms with E-state index in [9.17, 15) is 18.3 Å². The molecule has 1 fully saturated rings. The van der Waals surface area contributed by atoms with Gasteiger partial charge in [-0.3, -0.25) is 4.79 Å². The number of aromatic nitrogens is 1. The van der Waals surface area contributed by atoms with Gasteiger partial charge in [-0.1, -0.05) is 23.5 Å². The number of hydrogen-bond donors (Lipinski definition) is 1. The zero-order valence-corrected chi connectivity index (χ0v) is 15.0. The predicted molar refractivity (Wildman–Crippen MR) is 92.5 cm³/mol. The van der Waals surface area contributed by atoms with Crippen LogP contribution in [0.25, 0.3) is 0 Å². The Kier molecular flexibility index (Phi) is 4.46. The molecule has 1 aliphatic rings. The first-order valence-electron chi connectivity index (χ1n) is 7.53. The Bertz CT molecular complexity index is 876. The first kappa shape index (κ1) is 17.1. The summed E-state index contributed by atoms with van der Waals surface area (Å²) < 4.78 is 23.3. The van der Waals surface area contributed by atoms with Crippen LogP contribution in [0.1, 0.15) is 28.6 Å². The number of nitrogens with zero attached hydrogens (tertiary/aromatic N) is 2. The van der Waals surface area contributed by atoms with Gasteiger partial charge in [0, 0.05) is 18.4 Å². The summed E-state index contributed by atoms with van der Waals surface area (Å²) in [5, 5.41) is 10.5. The fourth-order valence-corrected chi connectivity index (χ4v) is 4.37. The Hall–Kier alpha value is -1.77. The minimum Gasteiger partial charge on any atom is -0.391 e. The van der Waals surface area contributed by atoms with E-state index in [-0.39, 0.29) is 22.8 Å². The third-order valence-electron chi connectivity index (χ3n) is 4.20. The van der Waals surface area contributed by atoms with Crippen molar-refractivity contribution in [2.75, 3.05) is 17.7 Å². The highest BCUT2D eigenvalue weighted by Crippen LogP contribution is 2.30. The Morgan fingerprint density at radius 1 is 1.42 bits per heavy atom. The van der Waals surface area contributed by atoms with Crippen LogP contribution in [0.4, 0.5) is 5.13 Å². The maximum Gasteiger partial charge on any atom is 0.204 e. The highest BCUT2D eigenvalue weighted by molar-refractivity contribution is 7.90. The molecule has 0 bridgehead atoms. The van der Waals surface area contributed by atoms with Gasteiger partial charge in [-0.25, -0.2) is 13.4 Å². The lowest BCUT2D eigenvalue weighted by atomic mass is 10.1. The second-order valence-corrected chi connectivity index (χ2v) is 8.95. The van der Waals surface area contributed by atoms with Crippen LogP contribution < -0.4 is 4.90 Å². The Morgan fingerprint density at radius 2 is 2.17 bits per heavy atom. The molecule has 2 aromatic rings. The third kappa shape index (κ3) is 3.22. The zero-order valence-electron chi connectivity index (χ0n) is 13.3. The number of hydrogen-bond acceptors (Lipinski definition) is 7. The molecule has 1 aromatic carbocycles. The molecule has 1 aromatic heterocycles. The monoisotopic (exact) mass is 366 g/mol. The molecule has 0 saturated carbocycles. The van der Waals surface area contributed by atoms with Crippen molar-refractivity contribution in [3.8, 4) is 0 Å². The van der Waals surface area contributed by atoms with E-state index in [0.29, 0.717) is 28.5 Å². The molecular weight excluding hydrogens is 348 g/mol. The van der Waals surface area contributed by atoms with Gasteiger partial charge in [0.15, 0.2) is 15.0 Å². The van der Waals surface area contributed by atoms with E-state index in [1.165, 1.54) is 29.7 Å². The molecule has 0 unspecified atom stereocenters. The van der Waals surface area contributed by atoms with Crippen LogP contribution in [0, 0.1) is 0 Å². The molecule has 3 rings (SSSR count). The minimum absolute atomic E-state index is 0.0346. The van der Waals surface area contributed by atoms with Gasteiger partial charge >= 0.3 is 0 Å². The molecule has 0 aliphatic carbocycles. The van der Waals surface area contributed by atoms with Crippen LogP contribution in [0.15, 0.2) is 35.4 Å². The number of anilines is 1. The van der Waals surface area contributed by atoms with Crippen molar-refractivity contribution in [1.29, 1.82) is 0 Å². The zero-order chi connectivity index (χ0) is 17.5. The summed E-state index contributed by atoms with van der Waals surface area (Å²) in [5.74, 6) is -0.253. The van der Waals surface area contributed by atoms with Gasteiger partial charge < -0.3 is 10.0 Å². The number of ketones is 1. The summed E-state index contributed by atoms with van der Waals surface area (Å²) in [7, 11) is -3.36. The largest absolute Gasteiger partial charge is 0.391 e. The quantitative estimate of drug-likeness (QED) is 0.830. The van der Waals surface area contributed by atoms with Crippen molar-refractivity contribution in [3.05, 3.63) is 40.9 Å². The number of carbonyl (C=O) groups is 1. The van der Waals surface area contributed by atoms with Gasteiger partial charge in [0.05, 0.1) is 28.1 Å². The first-order chi connectivity index (χ1) is 11.3. The Labute approximate surface area is 144 Å². The van der Waals surface area contributed by atoms with E-state index in [2.05, 4.69) is 4.98 Å². The summed E-state index contributed by atoms with van der Waals surface area (Å²) in [6, 6.07) is 5.98. The van der Waals surface area contributed by atoms with Crippen LogP contribution >= 0.6 is 11.3 Å². The molecule has 0 radical (unpaired) electrons. The van der Waals surface area contributed by atoms with Crippen molar-refractivity contribution >= 4 is 32.1 Å². The molecule has 8 heteroatoms. The summed E-state index contributed by atoms with van der Waals surface area (Å²) in [4.78, 5) is 19.5. The van der Waals surface area contributed by atoms with E-state index in [1.54, 1.807) is 12.1 Å². The van der Waals surface area contributed by atoms with Crippen LogP contribution in [-0.2, 0) is 9.84 Å². The number of carbonyl (C=O) groups excluding carboxylic acids is 1. The van der Waals surface area contributed by atoms with E-state index in [0.717, 1.165) is 6.26 Å². The molecule has 0 amide bonds. The standard InChI is InChI=1S/C16H18N2O4S2/c1-10-13(19)6-7-18(10)16-17-9-14(23-16)15(20)11-4-3-5-12(8-11)24(2,21)22/h3-5,8-10,13,19H,6-7H2,1-2H3/t10-,13-/m1/s1. The molecule has 1 aliphatic heterocycles. The van der Waals surface area contributed by atoms with Crippen LogP contribution in [0.5, 0.6) is 0 Å². The average Bonchev–Trinajstić information content (AvgIpc) is 3.14. The van der Waals surface area contributed by atoms with Gasteiger partial charge in [-0.15, -0.1) is 0 Å². The van der Waals surface area contributed by atoms with Crippen molar-refractivity contribution in [1.82, 2.24) is 4.98 Å². The molecule has 6 nitrogen and oxygen atoms in total. The van der Waals surface area contributed by atoms with Crippen LogP contribution in [0.2, 0.25) is 0 Å². The fourth-order valence-electron chi connectivity index (χ4n) is 2.71. The van der Waals surface area contributed by atoms with Crippen molar-refractivity contribution in [2.45, 2.75) is 30.4 Å². The first-order valence-corrected chi connectivity index (χ1v) is 10.2. The number of aliphatic hydroxyl groups is 1. The van der Waals surface area contributed by atoms with Crippen molar-refractivity contribution in [3.63, 3.8) is 0 Å². The topological polar surface area (TPSA) is 87.6 Å². The minimum atomic E-state index is -3.36. The molecular formula is C16H18N2O4S2. The fraction of sp³-hybridized carbons (Fsp3) is 0.375. The third-order valence-corrected chi connectivity index (χ3v) is 6.35. The van der Waals surface area contributed by atoms with Crippen molar-refractivity contribution in [2.24, 2.45) is 0 Å². The normalized spacial score (nSPS) is 21.2. The predicted octanol–water partition coefficient (Wildman–Crippen LogP) is 1.74. The molecule has 128 valence electrons. The van der Waals surface area contributed by atoms with Gasteiger partial charge in [0.2, 0.25) is 5.78 Å². The number of thiazole rings is 1. The van der Waals surface area contributed by atoms with E-state index >= 15 is 0 Å². The second-order valence-electron chi connectivity index (χ2n) is 5.93. The summed E-state index contributed by atoms with van der Waals surface area (Å²) in [6.45, 7) is 2.63. The number of sulfone groups is 1. The highest BCUT2D eigenvalue weighted by Gasteiger charge is 2.31. The van der Waals surface area contributed by atoms with E-state index in [1.807, 2.05) is 11.8 Å². The Balaban J connectivity index is 1.87. The molecule has 1 saturated heterocycles. The van der Waals surface area contributed by atoms with Crippen LogP contribution in [0.3, 0.4) is 0 Å². The van der Waals surface area contributed by atoms with Gasteiger partial charge in [0.25, 0.3) is 0 Å².